The summed E-state index contributed by atoms with van der Waals surface area (Å²) in [4.78, 5) is 0. The Morgan fingerprint density at radius 1 is 1.05 bits per heavy atom. The Bertz CT molecular complexity index is 575. The molecule has 0 radical (unpaired) electrons. The van der Waals surface area contributed by atoms with E-state index < -0.39 is 0 Å². The molecule has 100 valence electrons. The van der Waals surface area contributed by atoms with Crippen molar-refractivity contribution in [3.8, 4) is 5.75 Å². The standard InChI is InChI=1S/C16H18BrNO/c1-10-4-5-15(19-3)14(8-10)16(18)12-6-11(2)7-13(17)9-12/h4-9,16H,18H2,1-3H3. The van der Waals surface area contributed by atoms with Crippen LogP contribution in [0.5, 0.6) is 5.75 Å². The number of halogens is 1. The van der Waals surface area contributed by atoms with Crippen LogP contribution in [-0.4, -0.2) is 7.11 Å². The zero-order valence-corrected chi connectivity index (χ0v) is 13.0. The summed E-state index contributed by atoms with van der Waals surface area (Å²) in [6, 6.07) is 12.1. The van der Waals surface area contributed by atoms with E-state index in [1.165, 1.54) is 11.1 Å². The normalized spacial score (nSPS) is 12.3. The molecule has 2 N–H and O–H groups in total. The lowest BCUT2D eigenvalue weighted by Gasteiger charge is -2.17. The van der Waals surface area contributed by atoms with Gasteiger partial charge in [0.25, 0.3) is 0 Å². The van der Waals surface area contributed by atoms with Gasteiger partial charge in [-0.15, -0.1) is 0 Å². The highest BCUT2D eigenvalue weighted by molar-refractivity contribution is 9.10. The molecule has 2 aromatic rings. The van der Waals surface area contributed by atoms with E-state index in [0.717, 1.165) is 21.3 Å². The third kappa shape index (κ3) is 3.17. The van der Waals surface area contributed by atoms with E-state index in [0.29, 0.717) is 0 Å². The smallest absolute Gasteiger partial charge is 0.123 e. The van der Waals surface area contributed by atoms with E-state index in [1.807, 2.05) is 12.1 Å². The van der Waals surface area contributed by atoms with Gasteiger partial charge in [-0.2, -0.15) is 0 Å². The predicted octanol–water partition coefficient (Wildman–Crippen LogP) is 4.12. The lowest BCUT2D eigenvalue weighted by molar-refractivity contribution is 0.407. The number of hydrogen-bond donors (Lipinski definition) is 1. The van der Waals surface area contributed by atoms with Gasteiger partial charge in [0, 0.05) is 10.0 Å². The minimum absolute atomic E-state index is 0.189. The summed E-state index contributed by atoms with van der Waals surface area (Å²) in [6.45, 7) is 4.12. The Labute approximate surface area is 122 Å². The van der Waals surface area contributed by atoms with Gasteiger partial charge in [0.15, 0.2) is 0 Å². The highest BCUT2D eigenvalue weighted by Crippen LogP contribution is 2.30. The van der Waals surface area contributed by atoms with E-state index >= 15 is 0 Å². The number of ether oxygens (including phenoxy) is 1. The molecule has 0 aliphatic heterocycles. The molecule has 1 unspecified atom stereocenters. The minimum atomic E-state index is -0.189. The second kappa shape index (κ2) is 5.76. The van der Waals surface area contributed by atoms with Crippen molar-refractivity contribution in [2.45, 2.75) is 19.9 Å². The van der Waals surface area contributed by atoms with Crippen LogP contribution >= 0.6 is 15.9 Å². The SMILES string of the molecule is COc1ccc(C)cc1C(N)c1cc(C)cc(Br)c1. The van der Waals surface area contributed by atoms with Crippen LogP contribution in [0.2, 0.25) is 0 Å². The highest BCUT2D eigenvalue weighted by Gasteiger charge is 2.15. The molecule has 0 spiro atoms. The van der Waals surface area contributed by atoms with Crippen LogP contribution in [0.15, 0.2) is 40.9 Å². The van der Waals surface area contributed by atoms with Crippen LogP contribution in [0.3, 0.4) is 0 Å². The minimum Gasteiger partial charge on any atom is -0.496 e. The molecule has 0 fully saturated rings. The number of aryl methyl sites for hydroxylation is 2. The summed E-state index contributed by atoms with van der Waals surface area (Å²) in [6.07, 6.45) is 0. The first-order valence-corrected chi connectivity index (χ1v) is 6.98. The molecule has 0 amide bonds. The Hall–Kier alpha value is -1.32. The van der Waals surface area contributed by atoms with Crippen LogP contribution < -0.4 is 10.5 Å². The summed E-state index contributed by atoms with van der Waals surface area (Å²) in [7, 11) is 1.67. The van der Waals surface area contributed by atoms with Crippen molar-refractivity contribution < 1.29 is 4.74 Å². The van der Waals surface area contributed by atoms with Crippen molar-refractivity contribution in [2.75, 3.05) is 7.11 Å². The van der Waals surface area contributed by atoms with Gasteiger partial charge in [-0.05, 0) is 43.2 Å². The number of hydrogen-bond acceptors (Lipinski definition) is 2. The van der Waals surface area contributed by atoms with Crippen LogP contribution in [0.1, 0.15) is 28.3 Å². The molecule has 2 aromatic carbocycles. The second-order valence-corrected chi connectivity index (χ2v) is 5.70. The van der Waals surface area contributed by atoms with Gasteiger partial charge in [-0.3, -0.25) is 0 Å². The largest absolute Gasteiger partial charge is 0.496 e. The summed E-state index contributed by atoms with van der Waals surface area (Å²) in [5.41, 5.74) is 10.9. The second-order valence-electron chi connectivity index (χ2n) is 4.78. The maximum absolute atomic E-state index is 6.40. The molecule has 0 heterocycles. The average molecular weight is 320 g/mol. The van der Waals surface area contributed by atoms with Crippen LogP contribution in [0.4, 0.5) is 0 Å². The first-order valence-electron chi connectivity index (χ1n) is 6.18. The molecule has 1 atom stereocenters. The van der Waals surface area contributed by atoms with Crippen molar-refractivity contribution in [3.05, 3.63) is 63.1 Å². The van der Waals surface area contributed by atoms with Crippen LogP contribution in [0, 0.1) is 13.8 Å². The van der Waals surface area contributed by atoms with Gasteiger partial charge in [-0.25, -0.2) is 0 Å². The molecule has 19 heavy (non-hydrogen) atoms. The van der Waals surface area contributed by atoms with Crippen molar-refractivity contribution in [3.63, 3.8) is 0 Å². The first-order chi connectivity index (χ1) is 9.01. The number of rotatable bonds is 3. The lowest BCUT2D eigenvalue weighted by atomic mass is 9.96. The third-order valence-electron chi connectivity index (χ3n) is 3.14. The van der Waals surface area contributed by atoms with Crippen LogP contribution in [0.25, 0.3) is 0 Å². The van der Waals surface area contributed by atoms with Gasteiger partial charge in [0.2, 0.25) is 0 Å². The number of methoxy groups -OCH3 is 1. The Morgan fingerprint density at radius 3 is 2.42 bits per heavy atom. The van der Waals surface area contributed by atoms with E-state index in [-0.39, 0.29) is 6.04 Å². The first kappa shape index (κ1) is 14.1. The highest BCUT2D eigenvalue weighted by atomic mass is 79.9. The molecule has 0 aromatic heterocycles. The zero-order chi connectivity index (χ0) is 14.0. The zero-order valence-electron chi connectivity index (χ0n) is 11.4. The van der Waals surface area contributed by atoms with Crippen LogP contribution in [-0.2, 0) is 0 Å². The summed E-state index contributed by atoms with van der Waals surface area (Å²) >= 11 is 3.52. The van der Waals surface area contributed by atoms with Gasteiger partial charge < -0.3 is 10.5 Å². The van der Waals surface area contributed by atoms with E-state index in [9.17, 15) is 0 Å². The maximum Gasteiger partial charge on any atom is 0.123 e. The van der Waals surface area contributed by atoms with Gasteiger partial charge in [-0.1, -0.05) is 39.7 Å². The average Bonchev–Trinajstić information content (AvgIpc) is 2.36. The van der Waals surface area contributed by atoms with E-state index in [4.69, 9.17) is 10.5 Å². The van der Waals surface area contributed by atoms with E-state index in [2.05, 4.69) is 54.0 Å². The Morgan fingerprint density at radius 2 is 1.79 bits per heavy atom. The number of nitrogens with two attached hydrogens (primary N) is 1. The van der Waals surface area contributed by atoms with Gasteiger partial charge >= 0.3 is 0 Å². The molecule has 0 saturated carbocycles. The maximum atomic E-state index is 6.40. The fourth-order valence-electron chi connectivity index (χ4n) is 2.22. The van der Waals surface area contributed by atoms with E-state index in [1.54, 1.807) is 7.11 Å². The number of benzene rings is 2. The van der Waals surface area contributed by atoms with Gasteiger partial charge in [0.05, 0.1) is 13.2 Å². The molecule has 0 aliphatic rings. The van der Waals surface area contributed by atoms with Crippen molar-refractivity contribution >= 4 is 15.9 Å². The summed E-state index contributed by atoms with van der Waals surface area (Å²) in [5, 5.41) is 0. The Kier molecular flexibility index (Phi) is 4.27. The molecule has 0 aliphatic carbocycles. The third-order valence-corrected chi connectivity index (χ3v) is 3.60. The lowest BCUT2D eigenvalue weighted by Crippen LogP contribution is -2.13. The molecular weight excluding hydrogens is 302 g/mol. The molecule has 2 nitrogen and oxygen atoms in total. The van der Waals surface area contributed by atoms with Crippen molar-refractivity contribution in [1.82, 2.24) is 0 Å². The quantitative estimate of drug-likeness (QED) is 0.923. The summed E-state index contributed by atoms with van der Waals surface area (Å²) < 4.78 is 6.46. The summed E-state index contributed by atoms with van der Waals surface area (Å²) in [5.74, 6) is 0.829. The fourth-order valence-corrected chi connectivity index (χ4v) is 2.85. The molecule has 0 bridgehead atoms. The topological polar surface area (TPSA) is 35.2 Å². The molecule has 3 heteroatoms. The molecular formula is C16H18BrNO. The van der Waals surface area contributed by atoms with Gasteiger partial charge in [0.1, 0.15) is 5.75 Å². The predicted molar refractivity (Wildman–Crippen MR) is 82.6 cm³/mol. The fraction of sp³-hybridized carbons (Fsp3) is 0.250. The van der Waals surface area contributed by atoms with Crippen molar-refractivity contribution in [1.29, 1.82) is 0 Å². The molecule has 2 rings (SSSR count). The monoisotopic (exact) mass is 319 g/mol. The van der Waals surface area contributed by atoms with Crippen molar-refractivity contribution in [2.24, 2.45) is 5.73 Å². The molecule has 0 saturated heterocycles. The Balaban J connectivity index is 2.48.